The number of rotatable bonds is 1. The second kappa shape index (κ2) is 2.77. The average Bonchev–Trinajstić information content (AvgIpc) is 2.56. The van der Waals surface area contributed by atoms with Crippen LogP contribution in [0.1, 0.15) is 16.9 Å². The predicted molar refractivity (Wildman–Crippen MR) is 55.8 cm³/mol. The van der Waals surface area contributed by atoms with Crippen LogP contribution < -0.4 is 0 Å². The Hall–Kier alpha value is -1.50. The fraction of sp³-hybridized carbons (Fsp3) is 0.167. The Bertz CT molecular complexity index is 424. The summed E-state index contributed by atoms with van der Waals surface area (Å²) in [7, 11) is 0. The van der Waals surface area contributed by atoms with Crippen molar-refractivity contribution in [2.24, 2.45) is 0 Å². The van der Waals surface area contributed by atoms with Gasteiger partial charge >= 0.3 is 0 Å². The molecular weight excluding hydrogens is 160 g/mol. The van der Waals surface area contributed by atoms with Crippen LogP contribution in [-0.4, -0.2) is 0 Å². The Morgan fingerprint density at radius 3 is 2.54 bits per heavy atom. The van der Waals surface area contributed by atoms with Gasteiger partial charge in [-0.05, 0) is 37.1 Å². The van der Waals surface area contributed by atoms with Crippen molar-refractivity contribution in [1.29, 1.82) is 0 Å². The minimum Gasteiger partial charge on any atom is -0.456 e. The highest BCUT2D eigenvalue weighted by atomic mass is 16.3. The number of furan rings is 1. The van der Waals surface area contributed by atoms with Gasteiger partial charge < -0.3 is 4.42 Å². The van der Waals surface area contributed by atoms with Gasteiger partial charge in [-0.2, -0.15) is 0 Å². The van der Waals surface area contributed by atoms with Crippen molar-refractivity contribution in [2.45, 2.75) is 13.8 Å². The fourth-order valence-electron chi connectivity index (χ4n) is 1.51. The zero-order chi connectivity index (χ0) is 9.42. The van der Waals surface area contributed by atoms with Crippen LogP contribution in [0.4, 0.5) is 0 Å². The molecule has 0 atom stereocenters. The van der Waals surface area contributed by atoms with Gasteiger partial charge in [-0.3, -0.25) is 0 Å². The normalized spacial score (nSPS) is 10.6. The molecule has 1 heterocycles. The zero-order valence-electron chi connectivity index (χ0n) is 7.92. The molecule has 0 N–H and O–H groups in total. The molecule has 0 saturated carbocycles. The summed E-state index contributed by atoms with van der Waals surface area (Å²) < 4.78 is 5.61. The highest BCUT2D eigenvalue weighted by Gasteiger charge is 2.05. The lowest BCUT2D eigenvalue weighted by atomic mass is 10.1. The van der Waals surface area contributed by atoms with Crippen LogP contribution in [0.5, 0.6) is 0 Å². The summed E-state index contributed by atoms with van der Waals surface area (Å²) in [6.45, 7) is 7.83. The number of hydrogen-bond donors (Lipinski definition) is 0. The van der Waals surface area contributed by atoms with E-state index in [1.54, 1.807) is 6.08 Å². The molecule has 0 aliphatic carbocycles. The fourth-order valence-corrected chi connectivity index (χ4v) is 1.51. The van der Waals surface area contributed by atoms with Crippen LogP contribution in [0.25, 0.3) is 17.0 Å². The minimum absolute atomic E-state index is 0.840. The Kier molecular flexibility index (Phi) is 1.73. The first-order valence-corrected chi connectivity index (χ1v) is 4.34. The molecule has 0 amide bonds. The van der Waals surface area contributed by atoms with Gasteiger partial charge in [0, 0.05) is 5.39 Å². The Balaban J connectivity index is 2.87. The van der Waals surface area contributed by atoms with E-state index in [0.717, 1.165) is 11.3 Å². The van der Waals surface area contributed by atoms with Crippen LogP contribution >= 0.6 is 0 Å². The van der Waals surface area contributed by atoms with E-state index in [0.29, 0.717) is 0 Å². The van der Waals surface area contributed by atoms with Gasteiger partial charge in [0.25, 0.3) is 0 Å². The molecule has 0 aliphatic heterocycles. The summed E-state index contributed by atoms with van der Waals surface area (Å²) in [6.07, 6.45) is 1.74. The number of benzene rings is 1. The van der Waals surface area contributed by atoms with E-state index in [4.69, 9.17) is 4.42 Å². The van der Waals surface area contributed by atoms with Crippen molar-refractivity contribution in [3.63, 3.8) is 0 Å². The Morgan fingerprint density at radius 2 is 1.92 bits per heavy atom. The van der Waals surface area contributed by atoms with E-state index in [-0.39, 0.29) is 0 Å². The van der Waals surface area contributed by atoms with Crippen LogP contribution in [0.3, 0.4) is 0 Å². The maximum atomic E-state index is 5.61. The first-order chi connectivity index (χ1) is 6.22. The van der Waals surface area contributed by atoms with Gasteiger partial charge in [0.1, 0.15) is 11.3 Å². The van der Waals surface area contributed by atoms with Crippen LogP contribution in [0.15, 0.2) is 29.2 Å². The van der Waals surface area contributed by atoms with Crippen molar-refractivity contribution in [2.75, 3.05) is 0 Å². The first kappa shape index (κ1) is 8.11. The number of fused-ring (bicyclic) bond motifs is 1. The molecule has 0 aliphatic rings. The van der Waals surface area contributed by atoms with E-state index in [1.807, 2.05) is 6.07 Å². The largest absolute Gasteiger partial charge is 0.456 e. The molecule has 2 rings (SSSR count). The summed E-state index contributed by atoms with van der Waals surface area (Å²) >= 11 is 0. The molecule has 0 fully saturated rings. The summed E-state index contributed by atoms with van der Waals surface area (Å²) in [5, 5.41) is 1.19. The molecule has 0 bridgehead atoms. The van der Waals surface area contributed by atoms with Gasteiger partial charge in [0.15, 0.2) is 0 Å². The van der Waals surface area contributed by atoms with Crippen LogP contribution in [0.2, 0.25) is 0 Å². The molecular formula is C12H12O. The summed E-state index contributed by atoms with van der Waals surface area (Å²) in [4.78, 5) is 0. The Morgan fingerprint density at radius 1 is 1.23 bits per heavy atom. The van der Waals surface area contributed by atoms with Gasteiger partial charge in [0.05, 0.1) is 0 Å². The smallest absolute Gasteiger partial charge is 0.137 e. The topological polar surface area (TPSA) is 13.1 Å². The van der Waals surface area contributed by atoms with E-state index >= 15 is 0 Å². The summed E-state index contributed by atoms with van der Waals surface area (Å²) in [5.41, 5.74) is 3.40. The predicted octanol–water partition coefficient (Wildman–Crippen LogP) is 3.69. The molecule has 0 radical (unpaired) electrons. The SMILES string of the molecule is C=Cc1cc2c(C)ccc(C)c2o1. The third-order valence-electron chi connectivity index (χ3n) is 2.32. The number of hydrogen-bond acceptors (Lipinski definition) is 1. The van der Waals surface area contributed by atoms with E-state index < -0.39 is 0 Å². The van der Waals surface area contributed by atoms with Crippen molar-refractivity contribution < 1.29 is 4.42 Å². The molecule has 1 heteroatoms. The average molecular weight is 172 g/mol. The quantitative estimate of drug-likeness (QED) is 0.639. The molecule has 66 valence electrons. The molecule has 0 spiro atoms. The monoisotopic (exact) mass is 172 g/mol. The van der Waals surface area contributed by atoms with Gasteiger partial charge in [-0.25, -0.2) is 0 Å². The number of aryl methyl sites for hydroxylation is 2. The molecule has 1 aromatic heterocycles. The van der Waals surface area contributed by atoms with Gasteiger partial charge in [0.2, 0.25) is 0 Å². The molecule has 0 unspecified atom stereocenters. The maximum absolute atomic E-state index is 5.61. The summed E-state index contributed by atoms with van der Waals surface area (Å²) in [5.74, 6) is 0.840. The molecule has 13 heavy (non-hydrogen) atoms. The maximum Gasteiger partial charge on any atom is 0.137 e. The Labute approximate surface area is 77.7 Å². The van der Waals surface area contributed by atoms with Crippen molar-refractivity contribution in [3.05, 3.63) is 41.7 Å². The molecule has 1 nitrogen and oxygen atoms in total. The minimum atomic E-state index is 0.840. The highest BCUT2D eigenvalue weighted by Crippen LogP contribution is 2.26. The van der Waals surface area contributed by atoms with Gasteiger partial charge in [-0.1, -0.05) is 18.7 Å². The van der Waals surface area contributed by atoms with Crippen LogP contribution in [0, 0.1) is 13.8 Å². The van der Waals surface area contributed by atoms with Crippen molar-refractivity contribution in [1.82, 2.24) is 0 Å². The van der Waals surface area contributed by atoms with Crippen molar-refractivity contribution >= 4 is 17.0 Å². The van der Waals surface area contributed by atoms with E-state index in [1.165, 1.54) is 16.5 Å². The molecule has 0 saturated heterocycles. The first-order valence-electron chi connectivity index (χ1n) is 4.34. The third kappa shape index (κ3) is 1.17. The van der Waals surface area contributed by atoms with Crippen molar-refractivity contribution in [3.8, 4) is 0 Å². The van der Waals surface area contributed by atoms with Crippen LogP contribution in [-0.2, 0) is 0 Å². The third-order valence-corrected chi connectivity index (χ3v) is 2.32. The summed E-state index contributed by atoms with van der Waals surface area (Å²) in [6, 6.07) is 6.22. The lowest BCUT2D eigenvalue weighted by Crippen LogP contribution is -1.76. The standard InChI is InChI=1S/C12H12O/c1-4-10-7-11-8(2)5-6-9(3)12(11)13-10/h4-7H,1H2,2-3H3. The van der Waals surface area contributed by atoms with E-state index in [2.05, 4.69) is 32.6 Å². The second-order valence-electron chi connectivity index (χ2n) is 3.30. The molecule has 1 aromatic carbocycles. The molecule has 2 aromatic rings. The second-order valence-corrected chi connectivity index (χ2v) is 3.30. The highest BCUT2D eigenvalue weighted by molar-refractivity contribution is 5.85. The lowest BCUT2D eigenvalue weighted by Gasteiger charge is -1.96. The van der Waals surface area contributed by atoms with E-state index in [9.17, 15) is 0 Å². The zero-order valence-corrected chi connectivity index (χ0v) is 7.92. The van der Waals surface area contributed by atoms with Gasteiger partial charge in [-0.15, -0.1) is 0 Å². The lowest BCUT2D eigenvalue weighted by molar-refractivity contribution is 0.602.